The predicted molar refractivity (Wildman–Crippen MR) is 112 cm³/mol. The molecule has 4 heterocycles. The molecule has 0 unspecified atom stereocenters. The Morgan fingerprint density at radius 1 is 1.07 bits per heavy atom. The van der Waals surface area contributed by atoms with Gasteiger partial charge in [-0.15, -0.1) is 0 Å². The predicted octanol–water partition coefficient (Wildman–Crippen LogP) is 3.13. The second-order valence-electron chi connectivity index (χ2n) is 7.65. The monoisotopic (exact) mass is 379 g/mol. The first-order chi connectivity index (χ1) is 13.7. The molecule has 0 atom stereocenters. The van der Waals surface area contributed by atoms with E-state index in [-0.39, 0.29) is 0 Å². The number of aromatic nitrogens is 5. The number of likely N-dealkylation sites (tertiary alicyclic amines) is 1. The molecule has 1 aliphatic heterocycles. The summed E-state index contributed by atoms with van der Waals surface area (Å²) >= 11 is 0. The van der Waals surface area contributed by atoms with Crippen molar-refractivity contribution in [3.8, 4) is 11.4 Å². The Balaban J connectivity index is 1.53. The van der Waals surface area contributed by atoms with E-state index in [1.807, 2.05) is 30.1 Å². The summed E-state index contributed by atoms with van der Waals surface area (Å²) < 4.78 is 1.81. The van der Waals surface area contributed by atoms with Gasteiger partial charge in [-0.05, 0) is 51.0 Å². The number of hydrogen-bond acceptors (Lipinski definition) is 6. The van der Waals surface area contributed by atoms with Gasteiger partial charge in [-0.3, -0.25) is 9.67 Å². The quantitative estimate of drug-likeness (QED) is 0.656. The smallest absolute Gasteiger partial charge is 0.165 e. The number of anilines is 1. The highest BCUT2D eigenvalue weighted by molar-refractivity contribution is 5.88. The van der Waals surface area contributed by atoms with Gasteiger partial charge in [0, 0.05) is 38.6 Å². The van der Waals surface area contributed by atoms with Crippen LogP contribution in [0.5, 0.6) is 0 Å². The lowest BCUT2D eigenvalue weighted by Gasteiger charge is -2.23. The van der Waals surface area contributed by atoms with E-state index in [2.05, 4.69) is 26.9 Å². The van der Waals surface area contributed by atoms with Crippen molar-refractivity contribution in [1.82, 2.24) is 29.6 Å². The Labute approximate surface area is 166 Å². The Bertz CT molecular complexity index is 898. The zero-order chi connectivity index (χ0) is 19.3. The number of fused-ring (bicyclic) bond motifs is 1. The topological polar surface area (TPSA) is 63.0 Å². The Morgan fingerprint density at radius 2 is 1.89 bits per heavy atom. The zero-order valence-corrected chi connectivity index (χ0v) is 16.9. The van der Waals surface area contributed by atoms with Crippen LogP contribution in [0.1, 0.15) is 32.1 Å². The van der Waals surface area contributed by atoms with Crippen LogP contribution in [-0.2, 0) is 7.05 Å². The molecule has 1 saturated heterocycles. The molecular formula is C21H29N7. The highest BCUT2D eigenvalue weighted by Crippen LogP contribution is 2.26. The van der Waals surface area contributed by atoms with Gasteiger partial charge in [0.05, 0.1) is 11.6 Å². The molecule has 28 heavy (non-hydrogen) atoms. The van der Waals surface area contributed by atoms with E-state index < -0.39 is 0 Å². The molecule has 0 N–H and O–H groups in total. The molecule has 0 bridgehead atoms. The van der Waals surface area contributed by atoms with Crippen LogP contribution in [-0.4, -0.2) is 62.9 Å². The largest absolute Gasteiger partial charge is 0.359 e. The fourth-order valence-corrected chi connectivity index (χ4v) is 3.92. The van der Waals surface area contributed by atoms with Gasteiger partial charge < -0.3 is 9.80 Å². The zero-order valence-electron chi connectivity index (χ0n) is 16.9. The number of hydrogen-bond donors (Lipinski definition) is 0. The SMILES string of the molecule is CN(CCCN1CCCCCC1)c1nc(-c2cccnc2)nc2c1cnn2C. The van der Waals surface area contributed by atoms with Crippen molar-refractivity contribution in [2.45, 2.75) is 32.1 Å². The van der Waals surface area contributed by atoms with E-state index in [0.29, 0.717) is 5.82 Å². The van der Waals surface area contributed by atoms with Gasteiger partial charge in [0.1, 0.15) is 5.82 Å². The van der Waals surface area contributed by atoms with E-state index in [1.54, 1.807) is 12.4 Å². The first-order valence-electron chi connectivity index (χ1n) is 10.3. The maximum Gasteiger partial charge on any atom is 0.165 e. The fraction of sp³-hybridized carbons (Fsp3) is 0.524. The molecule has 4 rings (SSSR count). The standard InChI is InChI=1S/C21H29N7/c1-26(11-8-14-28-12-5-3-4-6-13-28)20-18-16-23-27(2)21(18)25-19(24-20)17-9-7-10-22-15-17/h7,9-10,15-16H,3-6,8,11-14H2,1-2H3. The highest BCUT2D eigenvalue weighted by Gasteiger charge is 2.16. The number of rotatable bonds is 6. The minimum atomic E-state index is 0.693. The molecule has 1 fully saturated rings. The van der Waals surface area contributed by atoms with Gasteiger partial charge >= 0.3 is 0 Å². The van der Waals surface area contributed by atoms with E-state index in [9.17, 15) is 0 Å². The van der Waals surface area contributed by atoms with Gasteiger partial charge in [0.2, 0.25) is 0 Å². The lowest BCUT2D eigenvalue weighted by atomic mass is 10.2. The lowest BCUT2D eigenvalue weighted by molar-refractivity contribution is 0.283. The molecule has 3 aromatic rings. The second-order valence-corrected chi connectivity index (χ2v) is 7.65. The molecule has 0 radical (unpaired) electrons. The van der Waals surface area contributed by atoms with Gasteiger partial charge in [-0.25, -0.2) is 9.97 Å². The van der Waals surface area contributed by atoms with Crippen molar-refractivity contribution in [1.29, 1.82) is 0 Å². The minimum Gasteiger partial charge on any atom is -0.359 e. The molecule has 0 amide bonds. The number of pyridine rings is 1. The van der Waals surface area contributed by atoms with Crippen molar-refractivity contribution in [2.75, 3.05) is 38.1 Å². The van der Waals surface area contributed by atoms with E-state index in [1.165, 1.54) is 38.8 Å². The molecule has 3 aromatic heterocycles. The number of aryl methyl sites for hydroxylation is 1. The summed E-state index contributed by atoms with van der Waals surface area (Å²) in [5.41, 5.74) is 1.77. The average Bonchev–Trinajstić information content (AvgIpc) is 2.93. The fourth-order valence-electron chi connectivity index (χ4n) is 3.92. The molecule has 0 aromatic carbocycles. The highest BCUT2D eigenvalue weighted by atomic mass is 15.3. The van der Waals surface area contributed by atoms with Crippen LogP contribution < -0.4 is 4.90 Å². The molecule has 7 nitrogen and oxygen atoms in total. The van der Waals surface area contributed by atoms with E-state index in [0.717, 1.165) is 41.9 Å². The Kier molecular flexibility index (Phi) is 5.81. The first-order valence-corrected chi connectivity index (χ1v) is 10.3. The molecular weight excluding hydrogens is 350 g/mol. The maximum atomic E-state index is 4.87. The van der Waals surface area contributed by atoms with Crippen molar-refractivity contribution >= 4 is 16.9 Å². The van der Waals surface area contributed by atoms with Gasteiger partial charge in [-0.1, -0.05) is 12.8 Å². The summed E-state index contributed by atoms with van der Waals surface area (Å²) in [5.74, 6) is 1.63. The lowest BCUT2D eigenvalue weighted by Crippen LogP contribution is -2.29. The van der Waals surface area contributed by atoms with Gasteiger partial charge in [-0.2, -0.15) is 5.10 Å². The molecule has 7 heteroatoms. The van der Waals surface area contributed by atoms with Crippen LogP contribution in [0.3, 0.4) is 0 Å². The summed E-state index contributed by atoms with van der Waals surface area (Å²) in [7, 11) is 4.04. The molecule has 0 saturated carbocycles. The summed E-state index contributed by atoms with van der Waals surface area (Å²) in [5, 5.41) is 5.39. The van der Waals surface area contributed by atoms with Crippen LogP contribution in [0, 0.1) is 0 Å². The van der Waals surface area contributed by atoms with Crippen LogP contribution in [0.15, 0.2) is 30.7 Å². The summed E-state index contributed by atoms with van der Waals surface area (Å²) in [4.78, 5) is 18.7. The van der Waals surface area contributed by atoms with Crippen LogP contribution in [0.4, 0.5) is 5.82 Å². The van der Waals surface area contributed by atoms with Crippen molar-refractivity contribution in [3.05, 3.63) is 30.7 Å². The first kappa shape index (κ1) is 18.8. The van der Waals surface area contributed by atoms with Crippen molar-refractivity contribution in [2.24, 2.45) is 7.05 Å². The summed E-state index contributed by atoms with van der Waals surface area (Å²) in [6.07, 6.45) is 12.0. The third-order valence-corrected chi connectivity index (χ3v) is 5.52. The number of nitrogens with zero attached hydrogens (tertiary/aromatic N) is 7. The van der Waals surface area contributed by atoms with Crippen molar-refractivity contribution in [3.63, 3.8) is 0 Å². The molecule has 0 aliphatic carbocycles. The molecule has 0 spiro atoms. The second kappa shape index (κ2) is 8.65. The molecule has 148 valence electrons. The third-order valence-electron chi connectivity index (χ3n) is 5.52. The third kappa shape index (κ3) is 4.14. The Hall–Kier alpha value is -2.54. The van der Waals surface area contributed by atoms with Gasteiger partial charge in [0.15, 0.2) is 11.5 Å². The van der Waals surface area contributed by atoms with Crippen LogP contribution >= 0.6 is 0 Å². The normalized spacial score (nSPS) is 15.6. The summed E-state index contributed by atoms with van der Waals surface area (Å²) in [6, 6.07) is 3.91. The van der Waals surface area contributed by atoms with Crippen LogP contribution in [0.25, 0.3) is 22.4 Å². The maximum absolute atomic E-state index is 4.87. The summed E-state index contributed by atoms with van der Waals surface area (Å²) in [6.45, 7) is 4.61. The van der Waals surface area contributed by atoms with Gasteiger partial charge in [0.25, 0.3) is 0 Å². The van der Waals surface area contributed by atoms with E-state index >= 15 is 0 Å². The van der Waals surface area contributed by atoms with Crippen LogP contribution in [0.2, 0.25) is 0 Å². The minimum absolute atomic E-state index is 0.693. The average molecular weight is 380 g/mol. The molecule has 1 aliphatic rings. The van der Waals surface area contributed by atoms with E-state index in [4.69, 9.17) is 9.97 Å². The Morgan fingerprint density at radius 3 is 2.64 bits per heavy atom. The van der Waals surface area contributed by atoms with Crippen molar-refractivity contribution < 1.29 is 0 Å².